The average molecular weight is 368 g/mol. The van der Waals surface area contributed by atoms with Crippen LogP contribution in [0.4, 0.5) is 5.69 Å². The molecule has 0 radical (unpaired) electrons. The molecule has 2 rings (SSSR count). The molecule has 1 unspecified atom stereocenters. The van der Waals surface area contributed by atoms with Gasteiger partial charge in [-0.05, 0) is 51.1 Å². The Morgan fingerprint density at radius 2 is 1.92 bits per heavy atom. The Labute approximate surface area is 149 Å². The number of hydrogen-bond donors (Lipinski definition) is 2. The van der Waals surface area contributed by atoms with Gasteiger partial charge in [0, 0.05) is 4.88 Å². The molecule has 0 spiro atoms. The van der Waals surface area contributed by atoms with Crippen molar-refractivity contribution in [3.8, 4) is 5.75 Å². The molecule has 0 saturated carbocycles. The first-order valence-corrected chi connectivity index (χ1v) is 8.57. The zero-order chi connectivity index (χ0) is 17.9. The maximum atomic E-state index is 12.5. The van der Waals surface area contributed by atoms with E-state index in [-0.39, 0.29) is 17.6 Å². The summed E-state index contributed by atoms with van der Waals surface area (Å²) in [6.07, 6.45) is -0.107. The lowest BCUT2D eigenvalue weighted by Gasteiger charge is -2.17. The molecule has 7 heteroatoms. The number of hydrogen-bond acceptors (Lipinski definition) is 4. The number of carbonyl (C=O) groups is 2. The quantitative estimate of drug-likeness (QED) is 0.780. The molecular formula is C17H18ClNO4S. The zero-order valence-corrected chi connectivity index (χ0v) is 15.1. The lowest BCUT2D eigenvalue weighted by molar-refractivity contribution is -0.117. The first-order valence-electron chi connectivity index (χ1n) is 7.38. The summed E-state index contributed by atoms with van der Waals surface area (Å²) < 4.78 is 6.26. The molecule has 1 atom stereocenters. The van der Waals surface area contributed by atoms with Crippen LogP contribution in [0, 0.1) is 0 Å². The predicted molar refractivity (Wildman–Crippen MR) is 95.5 cm³/mol. The van der Waals surface area contributed by atoms with E-state index in [1.807, 2.05) is 13.8 Å². The largest absolute Gasteiger partial charge is 0.489 e. The lowest BCUT2D eigenvalue weighted by atomic mass is 10.1. The van der Waals surface area contributed by atoms with Crippen molar-refractivity contribution in [3.63, 3.8) is 0 Å². The topological polar surface area (TPSA) is 75.6 Å². The molecule has 1 aromatic carbocycles. The molecule has 2 N–H and O–H groups in total. The first kappa shape index (κ1) is 18.3. The van der Waals surface area contributed by atoms with E-state index >= 15 is 0 Å². The molecule has 5 nitrogen and oxygen atoms in total. The summed E-state index contributed by atoms with van der Waals surface area (Å²) in [4.78, 5) is 24.5. The van der Waals surface area contributed by atoms with Crippen LogP contribution in [0.3, 0.4) is 0 Å². The summed E-state index contributed by atoms with van der Waals surface area (Å²) >= 11 is 7.25. The summed E-state index contributed by atoms with van der Waals surface area (Å²) in [6, 6.07) is 7.93. The van der Waals surface area contributed by atoms with Gasteiger partial charge in [0.05, 0.1) is 27.6 Å². The molecule has 24 heavy (non-hydrogen) atoms. The minimum Gasteiger partial charge on any atom is -0.489 e. The van der Waals surface area contributed by atoms with Crippen molar-refractivity contribution < 1.29 is 19.4 Å². The maximum absolute atomic E-state index is 12.5. The molecule has 1 aromatic heterocycles. The summed E-state index contributed by atoms with van der Waals surface area (Å²) in [5, 5.41) is 11.9. The van der Waals surface area contributed by atoms with Crippen molar-refractivity contribution in [3.05, 3.63) is 45.1 Å². The Morgan fingerprint density at radius 1 is 1.21 bits per heavy atom. The summed E-state index contributed by atoms with van der Waals surface area (Å²) in [5.41, 5.74) is 0.413. The third-order valence-electron chi connectivity index (χ3n) is 3.26. The van der Waals surface area contributed by atoms with Crippen LogP contribution in [0.15, 0.2) is 30.3 Å². The van der Waals surface area contributed by atoms with E-state index in [2.05, 4.69) is 5.32 Å². The second-order valence-electron chi connectivity index (χ2n) is 5.54. The van der Waals surface area contributed by atoms with E-state index in [1.165, 1.54) is 23.5 Å². The Hall–Kier alpha value is -2.05. The molecule has 1 heterocycles. The number of anilines is 1. The van der Waals surface area contributed by atoms with Crippen molar-refractivity contribution >= 4 is 40.5 Å². The Morgan fingerprint density at radius 3 is 2.46 bits per heavy atom. The van der Waals surface area contributed by atoms with Crippen LogP contribution in [-0.4, -0.2) is 23.1 Å². The number of halogens is 1. The van der Waals surface area contributed by atoms with E-state index in [1.54, 1.807) is 25.1 Å². The van der Waals surface area contributed by atoms with Crippen molar-refractivity contribution in [1.82, 2.24) is 0 Å². The molecular weight excluding hydrogens is 350 g/mol. The number of ether oxygens (including phenoxy) is 1. The van der Waals surface area contributed by atoms with Crippen LogP contribution in [0.1, 0.15) is 41.9 Å². The second-order valence-corrected chi connectivity index (χ2v) is 7.28. The van der Waals surface area contributed by atoms with Crippen molar-refractivity contribution in [2.75, 3.05) is 5.32 Å². The molecule has 0 fully saturated rings. The fourth-order valence-corrected chi connectivity index (χ4v) is 3.16. The highest BCUT2D eigenvalue weighted by molar-refractivity contribution is 7.16. The standard InChI is InChI=1S/C17H18ClNO4S/c1-9(2)23-13-5-4-11(17(21)22)8-12(13)19-16(20)10(3)14-6-7-15(18)24-14/h4-10H,1-3H3,(H,19,20)(H,21,22). The summed E-state index contributed by atoms with van der Waals surface area (Å²) in [6.45, 7) is 5.47. The van der Waals surface area contributed by atoms with Crippen LogP contribution < -0.4 is 10.1 Å². The summed E-state index contributed by atoms with van der Waals surface area (Å²) in [7, 11) is 0. The number of rotatable bonds is 6. The molecule has 0 aliphatic carbocycles. The van der Waals surface area contributed by atoms with Crippen molar-refractivity contribution in [1.29, 1.82) is 0 Å². The van der Waals surface area contributed by atoms with Gasteiger partial charge < -0.3 is 15.2 Å². The number of amides is 1. The van der Waals surface area contributed by atoms with E-state index in [4.69, 9.17) is 21.4 Å². The molecule has 128 valence electrons. The van der Waals surface area contributed by atoms with Gasteiger partial charge in [0.1, 0.15) is 5.75 Å². The van der Waals surface area contributed by atoms with E-state index in [9.17, 15) is 9.59 Å². The molecule has 0 aliphatic rings. The van der Waals surface area contributed by atoms with E-state index < -0.39 is 11.9 Å². The Bertz CT molecular complexity index is 757. The average Bonchev–Trinajstić information content (AvgIpc) is 2.94. The van der Waals surface area contributed by atoms with Gasteiger partial charge in [-0.1, -0.05) is 11.6 Å². The highest BCUT2D eigenvalue weighted by atomic mass is 35.5. The van der Waals surface area contributed by atoms with Gasteiger partial charge in [0.15, 0.2) is 0 Å². The normalized spacial score (nSPS) is 12.0. The zero-order valence-electron chi connectivity index (χ0n) is 13.5. The highest BCUT2D eigenvalue weighted by Crippen LogP contribution is 2.31. The monoisotopic (exact) mass is 367 g/mol. The molecule has 0 aliphatic heterocycles. The van der Waals surface area contributed by atoms with Gasteiger partial charge in [0.25, 0.3) is 0 Å². The number of benzene rings is 1. The fraction of sp³-hybridized carbons (Fsp3) is 0.294. The van der Waals surface area contributed by atoms with Gasteiger partial charge in [-0.15, -0.1) is 11.3 Å². The predicted octanol–water partition coefficient (Wildman–Crippen LogP) is 4.63. The highest BCUT2D eigenvalue weighted by Gasteiger charge is 2.20. The smallest absolute Gasteiger partial charge is 0.335 e. The van der Waals surface area contributed by atoms with Crippen molar-refractivity contribution in [2.24, 2.45) is 0 Å². The third-order valence-corrected chi connectivity index (χ3v) is 4.67. The second kappa shape index (κ2) is 7.68. The number of aromatic carboxylic acids is 1. The minimum atomic E-state index is -1.07. The number of carboxylic acids is 1. The Balaban J connectivity index is 2.26. The van der Waals surface area contributed by atoms with Gasteiger partial charge in [-0.25, -0.2) is 4.79 Å². The van der Waals surface area contributed by atoms with Crippen molar-refractivity contribution in [2.45, 2.75) is 32.8 Å². The fourth-order valence-electron chi connectivity index (χ4n) is 2.05. The SMILES string of the molecule is CC(C)Oc1ccc(C(=O)O)cc1NC(=O)C(C)c1ccc(Cl)s1. The number of nitrogens with one attached hydrogen (secondary N) is 1. The Kier molecular flexibility index (Phi) is 5.85. The number of carbonyl (C=O) groups excluding carboxylic acids is 1. The van der Waals surface area contributed by atoms with E-state index in [0.29, 0.717) is 15.8 Å². The van der Waals surface area contributed by atoms with Gasteiger partial charge in [0.2, 0.25) is 5.91 Å². The van der Waals surface area contributed by atoms with Crippen LogP contribution in [0.2, 0.25) is 4.34 Å². The van der Waals surface area contributed by atoms with Gasteiger partial charge in [-0.2, -0.15) is 0 Å². The van der Waals surface area contributed by atoms with Gasteiger partial charge >= 0.3 is 5.97 Å². The molecule has 1 amide bonds. The van der Waals surface area contributed by atoms with Gasteiger partial charge in [-0.3, -0.25) is 4.79 Å². The summed E-state index contributed by atoms with van der Waals surface area (Å²) in [5.74, 6) is -1.31. The number of thiophene rings is 1. The lowest BCUT2D eigenvalue weighted by Crippen LogP contribution is -2.19. The molecule has 0 saturated heterocycles. The number of carboxylic acid groups (broad SMARTS) is 1. The molecule has 0 bridgehead atoms. The first-order chi connectivity index (χ1) is 11.3. The maximum Gasteiger partial charge on any atom is 0.335 e. The van der Waals surface area contributed by atoms with Crippen LogP contribution in [0.25, 0.3) is 0 Å². The van der Waals surface area contributed by atoms with Crippen LogP contribution >= 0.6 is 22.9 Å². The van der Waals surface area contributed by atoms with Crippen LogP contribution in [0.5, 0.6) is 5.75 Å². The minimum absolute atomic E-state index is 0.0771. The van der Waals surface area contributed by atoms with E-state index in [0.717, 1.165) is 4.88 Å². The molecule has 2 aromatic rings. The van der Waals surface area contributed by atoms with Crippen LogP contribution in [-0.2, 0) is 4.79 Å². The third kappa shape index (κ3) is 4.49.